The van der Waals surface area contributed by atoms with Crippen LogP contribution >= 0.6 is 23.2 Å². The van der Waals surface area contributed by atoms with Crippen molar-refractivity contribution in [3.63, 3.8) is 0 Å². The summed E-state index contributed by atoms with van der Waals surface area (Å²) < 4.78 is 10.5. The molecule has 0 bridgehead atoms. The highest BCUT2D eigenvalue weighted by molar-refractivity contribution is 6.47. The van der Waals surface area contributed by atoms with Crippen molar-refractivity contribution in [2.75, 3.05) is 18.6 Å². The first-order valence-corrected chi connectivity index (χ1v) is 12.6. The van der Waals surface area contributed by atoms with Crippen LogP contribution in [-0.4, -0.2) is 51.9 Å². The van der Waals surface area contributed by atoms with E-state index in [0.717, 1.165) is 5.56 Å². The molecular weight excluding hydrogens is 561 g/mol. The third kappa shape index (κ3) is 6.82. The number of hydrazone groups is 1. The second kappa shape index (κ2) is 12.9. The summed E-state index contributed by atoms with van der Waals surface area (Å²) in [6.07, 6.45) is 1.19. The van der Waals surface area contributed by atoms with Crippen LogP contribution in [0.25, 0.3) is 0 Å². The number of hydrogen-bond acceptors (Lipinski definition) is 10. The minimum absolute atomic E-state index is 0.0504. The summed E-state index contributed by atoms with van der Waals surface area (Å²) in [6, 6.07) is 13.1. The predicted octanol–water partition coefficient (Wildman–Crippen LogP) is 4.34. The fourth-order valence-corrected chi connectivity index (χ4v) is 4.31. The zero-order chi connectivity index (χ0) is 28.6. The number of amides is 3. The highest BCUT2D eigenvalue weighted by Gasteiger charge is 2.25. The number of rotatable bonds is 8. The van der Waals surface area contributed by atoms with Crippen LogP contribution in [0, 0.1) is 11.3 Å². The molecule has 0 saturated heterocycles. The van der Waals surface area contributed by atoms with Crippen LogP contribution < -0.4 is 15.5 Å². The van der Waals surface area contributed by atoms with Gasteiger partial charge in [0.25, 0.3) is 11.8 Å². The van der Waals surface area contributed by atoms with Crippen LogP contribution in [-0.2, 0) is 22.5 Å². The molecule has 2 N–H and O–H groups in total. The number of hydrogen-bond donors (Lipinski definition) is 2. The van der Waals surface area contributed by atoms with Crippen molar-refractivity contribution >= 4 is 52.5 Å². The van der Waals surface area contributed by atoms with Gasteiger partial charge in [-0.1, -0.05) is 23.2 Å². The fourth-order valence-electron chi connectivity index (χ4n) is 3.75. The number of carbonyl (C=O) groups is 3. The molecule has 40 heavy (non-hydrogen) atoms. The lowest BCUT2D eigenvalue weighted by molar-refractivity contribution is -0.114. The number of nitrogens with zero attached hydrogens (tertiary/aromatic N) is 5. The van der Waals surface area contributed by atoms with Crippen molar-refractivity contribution in [1.29, 1.82) is 5.26 Å². The number of nitrogens with one attached hydrogen (secondary N) is 2. The monoisotopic (exact) mass is 581 g/mol. The van der Waals surface area contributed by atoms with Gasteiger partial charge >= 0.3 is 6.09 Å². The number of anilines is 1. The molecular formula is C26H21Cl2N7O5. The Morgan fingerprint density at radius 1 is 1.20 bits per heavy atom. The molecule has 0 atom stereocenters. The van der Waals surface area contributed by atoms with E-state index in [2.05, 4.69) is 25.5 Å². The maximum Gasteiger partial charge on any atom is 0.414 e. The van der Waals surface area contributed by atoms with Crippen molar-refractivity contribution in [2.45, 2.75) is 19.9 Å². The zero-order valence-corrected chi connectivity index (χ0v) is 22.5. The number of halogens is 2. The van der Waals surface area contributed by atoms with Gasteiger partial charge in [0.05, 0.1) is 34.6 Å². The first-order valence-electron chi connectivity index (χ1n) is 11.9. The Morgan fingerprint density at radius 2 is 1.98 bits per heavy atom. The Hall–Kier alpha value is -4.73. The Bertz CT molecular complexity index is 1500. The molecule has 4 rings (SSSR count). The van der Waals surface area contributed by atoms with E-state index < -0.39 is 17.7 Å². The van der Waals surface area contributed by atoms with Crippen LogP contribution in [0.1, 0.15) is 28.5 Å². The summed E-state index contributed by atoms with van der Waals surface area (Å²) in [5.74, 6) is -0.574. The average molecular weight is 582 g/mol. The number of imide groups is 1. The van der Waals surface area contributed by atoms with E-state index in [9.17, 15) is 19.6 Å². The Labute approximate surface area is 238 Å². The molecule has 204 valence electrons. The number of fused-ring (bicyclic) bond motifs is 1. The number of carbonyl (C=O) groups excluding carboxylic acids is 3. The van der Waals surface area contributed by atoms with Crippen LogP contribution in [0.4, 0.5) is 10.5 Å². The van der Waals surface area contributed by atoms with E-state index in [0.29, 0.717) is 36.5 Å². The molecule has 2 aromatic carbocycles. The normalized spacial score (nSPS) is 12.7. The van der Waals surface area contributed by atoms with Crippen LogP contribution in [0.5, 0.6) is 11.5 Å². The van der Waals surface area contributed by atoms with Crippen molar-refractivity contribution in [2.24, 2.45) is 5.10 Å². The van der Waals surface area contributed by atoms with Gasteiger partial charge in [0.1, 0.15) is 11.8 Å². The van der Waals surface area contributed by atoms with Crippen molar-refractivity contribution in [1.82, 2.24) is 20.4 Å². The quantitative estimate of drug-likeness (QED) is 0.291. The molecule has 1 aliphatic rings. The average Bonchev–Trinajstić information content (AvgIpc) is 2.93. The first kappa shape index (κ1) is 28.3. The lowest BCUT2D eigenvalue weighted by atomic mass is 9.98. The molecule has 0 fully saturated rings. The van der Waals surface area contributed by atoms with E-state index in [1.54, 1.807) is 48.4 Å². The highest BCUT2D eigenvalue weighted by atomic mass is 35.5. The Morgan fingerprint density at radius 3 is 2.65 bits per heavy atom. The summed E-state index contributed by atoms with van der Waals surface area (Å²) in [7, 11) is 0. The van der Waals surface area contributed by atoms with Crippen LogP contribution in [0.15, 0.2) is 53.8 Å². The van der Waals surface area contributed by atoms with Crippen LogP contribution in [0.3, 0.4) is 0 Å². The minimum atomic E-state index is -1.05. The molecule has 0 aliphatic carbocycles. The third-order valence-corrected chi connectivity index (χ3v) is 6.11. The lowest BCUT2D eigenvalue weighted by Gasteiger charge is -2.28. The summed E-state index contributed by atoms with van der Waals surface area (Å²) in [5.41, 5.74) is 4.22. The molecule has 2 heterocycles. The summed E-state index contributed by atoms with van der Waals surface area (Å²) in [4.78, 5) is 38.1. The van der Waals surface area contributed by atoms with E-state index in [4.69, 9.17) is 27.9 Å². The third-order valence-electron chi connectivity index (χ3n) is 5.55. The Kier molecular flexibility index (Phi) is 9.11. The zero-order valence-electron chi connectivity index (χ0n) is 21.0. The standard InChI is InChI=1S/C26H21Cl2N7O5/c1-2-39-26(38)31-24(36)22(13-29)34-33-17-11-20(27)23(21(28)12-17)40-18-5-6-19-15(10-18)7-9-35(25(19)37)14-16-4-3-8-30-32-16/h3-6,8,10-12,33H,2,7,9,14H2,1H3,(H,31,36,38). The molecule has 0 radical (unpaired) electrons. The van der Waals surface area contributed by atoms with Crippen molar-refractivity contribution < 1.29 is 23.9 Å². The van der Waals surface area contributed by atoms with Gasteiger partial charge in [-0.05, 0) is 61.4 Å². The Balaban J connectivity index is 1.44. The number of nitriles is 1. The van der Waals surface area contributed by atoms with Gasteiger partial charge in [-0.2, -0.15) is 20.6 Å². The molecule has 0 spiro atoms. The maximum absolute atomic E-state index is 13.0. The second-order valence-corrected chi connectivity index (χ2v) is 9.05. The smallest absolute Gasteiger partial charge is 0.414 e. The van der Waals surface area contributed by atoms with E-state index in [-0.39, 0.29) is 34.0 Å². The first-order chi connectivity index (χ1) is 19.3. The lowest BCUT2D eigenvalue weighted by Crippen LogP contribution is -2.37. The van der Waals surface area contributed by atoms with Gasteiger partial charge in [-0.15, -0.1) is 0 Å². The maximum atomic E-state index is 13.0. The second-order valence-electron chi connectivity index (χ2n) is 8.24. The minimum Gasteiger partial charge on any atom is -0.454 e. The van der Waals surface area contributed by atoms with E-state index in [1.807, 2.05) is 11.4 Å². The van der Waals surface area contributed by atoms with Crippen molar-refractivity contribution in [3.8, 4) is 17.6 Å². The van der Waals surface area contributed by atoms with Gasteiger partial charge in [0.15, 0.2) is 5.75 Å². The molecule has 1 aliphatic heterocycles. The predicted molar refractivity (Wildman–Crippen MR) is 145 cm³/mol. The largest absolute Gasteiger partial charge is 0.454 e. The molecule has 3 amide bonds. The molecule has 14 heteroatoms. The van der Waals surface area contributed by atoms with Gasteiger partial charge < -0.3 is 14.4 Å². The van der Waals surface area contributed by atoms with Gasteiger partial charge in [-0.3, -0.25) is 20.3 Å². The van der Waals surface area contributed by atoms with E-state index in [1.165, 1.54) is 12.1 Å². The summed E-state index contributed by atoms with van der Waals surface area (Å²) in [6.45, 7) is 2.49. The van der Waals surface area contributed by atoms with Crippen LogP contribution in [0.2, 0.25) is 10.0 Å². The molecule has 3 aromatic rings. The SMILES string of the molecule is CCOC(=O)NC(=O)C(C#N)=NNc1cc(Cl)c(Oc2ccc3c(c2)CCN(Cc2cccnn2)C3=O)c(Cl)c1. The highest BCUT2D eigenvalue weighted by Crippen LogP contribution is 2.39. The number of benzene rings is 2. The number of ether oxygens (including phenoxy) is 2. The fraction of sp³-hybridized carbons (Fsp3) is 0.192. The van der Waals surface area contributed by atoms with Crippen molar-refractivity contribution in [3.05, 3.63) is 75.5 Å². The number of aromatic nitrogens is 2. The summed E-state index contributed by atoms with van der Waals surface area (Å²) in [5, 5.41) is 22.9. The molecule has 0 saturated carbocycles. The van der Waals surface area contributed by atoms with Gasteiger partial charge in [-0.25, -0.2) is 4.79 Å². The molecule has 12 nitrogen and oxygen atoms in total. The summed E-state index contributed by atoms with van der Waals surface area (Å²) >= 11 is 12.8. The topological polar surface area (TPSA) is 159 Å². The number of alkyl carbamates (subject to hydrolysis) is 1. The van der Waals surface area contributed by atoms with Gasteiger partial charge in [0.2, 0.25) is 5.71 Å². The molecule has 1 aromatic heterocycles. The van der Waals surface area contributed by atoms with E-state index >= 15 is 0 Å². The van der Waals surface area contributed by atoms with Gasteiger partial charge in [0, 0.05) is 18.3 Å². The molecule has 0 unspecified atom stereocenters.